The average Bonchev–Trinajstić information content (AvgIpc) is 1.38. The van der Waals surface area contributed by atoms with Gasteiger partial charge in [0.05, 0.1) is 0 Å². The predicted octanol–water partition coefficient (Wildman–Crippen LogP) is 0.0386. The summed E-state index contributed by atoms with van der Waals surface area (Å²) in [5.41, 5.74) is 0. The Bertz CT molecular complexity index is 42.9. The maximum atomic E-state index is 9.37. The van der Waals surface area contributed by atoms with Crippen molar-refractivity contribution >= 4 is 5.97 Å². The molecule has 1 N–H and O–H groups in total. The van der Waals surface area contributed by atoms with Crippen LogP contribution in [-0.2, 0) is 4.79 Å². The Hall–Kier alpha value is 0.756. The number of carboxylic acid groups (broad SMARTS) is 1. The van der Waals surface area contributed by atoms with Gasteiger partial charge in [0.1, 0.15) is 0 Å². The summed E-state index contributed by atoms with van der Waals surface area (Å²) < 4.78 is 0.222. The van der Waals surface area contributed by atoms with Gasteiger partial charge in [0, 0.05) is 0 Å². The van der Waals surface area contributed by atoms with Crippen LogP contribution < -0.4 is 0 Å². The molecule has 0 saturated heterocycles. The van der Waals surface area contributed by atoms with Crippen LogP contribution in [0.25, 0.3) is 0 Å². The quantitative estimate of drug-likeness (QED) is 0.674. The van der Waals surface area contributed by atoms with Crippen molar-refractivity contribution in [2.75, 3.05) is 0 Å². The molecule has 0 rings (SSSR count). The fraction of sp³-hybridized carbons (Fsp3) is 0.500. The Kier molecular flexibility index (Phi) is 3.41. The van der Waals surface area contributed by atoms with Crippen LogP contribution >= 0.6 is 0 Å². The zero-order valence-electron chi connectivity index (χ0n) is 2.40. The molecule has 0 amide bonds. The van der Waals surface area contributed by atoms with E-state index >= 15 is 0 Å². The van der Waals surface area contributed by atoms with Gasteiger partial charge in [-0.25, -0.2) is 0 Å². The topological polar surface area (TPSA) is 37.3 Å². The van der Waals surface area contributed by atoms with E-state index in [1.807, 2.05) is 0 Å². The van der Waals surface area contributed by atoms with Crippen molar-refractivity contribution in [2.24, 2.45) is 0 Å². The van der Waals surface area contributed by atoms with Gasteiger partial charge in [0.25, 0.3) is 0 Å². The van der Waals surface area contributed by atoms with E-state index in [-0.39, 0.29) is 2.39 Å². The fourth-order valence-electron chi connectivity index (χ4n) is 0. The average molecular weight is 218 g/mol. The molecule has 0 aliphatic heterocycles. The SMILES string of the molecule is O=C(O)[CH2][Tb]. The molecule has 0 spiro atoms. The summed E-state index contributed by atoms with van der Waals surface area (Å²) in [6, 6.07) is 0. The first kappa shape index (κ1) is 5.76. The molecule has 0 unspecified atom stereocenters. The normalized spacial score (nSPS) is 7.60. The molecule has 0 aromatic rings. The van der Waals surface area contributed by atoms with Gasteiger partial charge in [-0.2, -0.15) is 0 Å². The van der Waals surface area contributed by atoms with Crippen molar-refractivity contribution in [1.29, 1.82) is 0 Å². The van der Waals surface area contributed by atoms with Crippen LogP contribution in [0.4, 0.5) is 0 Å². The first-order valence-corrected chi connectivity index (χ1v) is 2.53. The molecule has 32 valence electrons. The van der Waals surface area contributed by atoms with Gasteiger partial charge in [-0.1, -0.05) is 0 Å². The molecule has 0 radical (unpaired) electrons. The third-order valence-corrected chi connectivity index (χ3v) is 0.748. The van der Waals surface area contributed by atoms with Crippen LogP contribution in [0.5, 0.6) is 0 Å². The fourth-order valence-corrected chi connectivity index (χ4v) is 0. The van der Waals surface area contributed by atoms with Crippen molar-refractivity contribution < 1.29 is 46.5 Å². The van der Waals surface area contributed by atoms with E-state index in [9.17, 15) is 4.79 Å². The van der Waals surface area contributed by atoms with Gasteiger partial charge in [0.15, 0.2) is 0 Å². The predicted molar refractivity (Wildman–Crippen MR) is 12.4 cm³/mol. The van der Waals surface area contributed by atoms with Crippen LogP contribution in [0.15, 0.2) is 0 Å². The molecular formula is C2H3O2Tb. The van der Waals surface area contributed by atoms with E-state index in [2.05, 4.69) is 0 Å². The Morgan fingerprint density at radius 3 is 2.20 bits per heavy atom. The molecule has 2 nitrogen and oxygen atoms in total. The number of hydrogen-bond donors (Lipinski definition) is 1. The van der Waals surface area contributed by atoms with Gasteiger partial charge < -0.3 is 0 Å². The minimum atomic E-state index is -0.745. The number of rotatable bonds is 1. The number of hydrogen-bond acceptors (Lipinski definition) is 1. The number of carboxylic acids is 1. The van der Waals surface area contributed by atoms with Gasteiger partial charge in [-0.3, -0.25) is 0 Å². The first-order chi connectivity index (χ1) is 2.27. The van der Waals surface area contributed by atoms with Gasteiger partial charge in [-0.15, -0.1) is 0 Å². The Morgan fingerprint density at radius 1 is 2.00 bits per heavy atom. The molecule has 5 heavy (non-hydrogen) atoms. The minimum absolute atomic E-state index is 0.222. The zero-order chi connectivity index (χ0) is 4.28. The van der Waals surface area contributed by atoms with Crippen molar-refractivity contribution in [3.8, 4) is 0 Å². The molecule has 3 heteroatoms. The van der Waals surface area contributed by atoms with E-state index in [1.54, 1.807) is 36.6 Å². The standard InChI is InChI=1S/C2H3O2.Tb/c1-2(3)4;/h1H2,(H,3,4);. The van der Waals surface area contributed by atoms with E-state index in [1.165, 1.54) is 0 Å². The molecule has 0 heterocycles. The van der Waals surface area contributed by atoms with Gasteiger partial charge >= 0.3 is 54.9 Å². The Morgan fingerprint density at radius 2 is 2.20 bits per heavy atom. The van der Waals surface area contributed by atoms with E-state index in [0.717, 1.165) is 0 Å². The molecule has 0 bridgehead atoms. The summed E-state index contributed by atoms with van der Waals surface area (Å²) in [6.07, 6.45) is 0. The van der Waals surface area contributed by atoms with Crippen LogP contribution in [0.1, 0.15) is 0 Å². The van der Waals surface area contributed by atoms with Crippen molar-refractivity contribution in [3.63, 3.8) is 0 Å². The molecule has 0 aliphatic carbocycles. The van der Waals surface area contributed by atoms with E-state index in [4.69, 9.17) is 5.11 Å². The summed E-state index contributed by atoms with van der Waals surface area (Å²) in [7, 11) is 0. The van der Waals surface area contributed by atoms with Crippen LogP contribution in [-0.4, -0.2) is 11.1 Å². The maximum absolute atomic E-state index is 9.37. The third-order valence-electron chi connectivity index (χ3n) is 0.101. The molecule has 0 aliphatic rings. The molecule has 0 fully saturated rings. The summed E-state index contributed by atoms with van der Waals surface area (Å²) in [5.74, 6) is -0.745. The first-order valence-electron chi connectivity index (χ1n) is 1.02. The number of carbonyl (C=O) groups is 1. The van der Waals surface area contributed by atoms with Crippen molar-refractivity contribution in [2.45, 2.75) is 2.39 Å². The third kappa shape index (κ3) is 4.76. The van der Waals surface area contributed by atoms with Crippen molar-refractivity contribution in [3.05, 3.63) is 0 Å². The van der Waals surface area contributed by atoms with Crippen LogP contribution in [0, 0.1) is 36.6 Å². The Labute approximate surface area is 54.5 Å². The zero-order valence-corrected chi connectivity index (χ0v) is 4.53. The molecule has 0 atom stereocenters. The monoisotopic (exact) mass is 218 g/mol. The summed E-state index contributed by atoms with van der Waals surface area (Å²) in [4.78, 5) is 9.37. The van der Waals surface area contributed by atoms with Gasteiger partial charge in [0.2, 0.25) is 0 Å². The van der Waals surface area contributed by atoms with Crippen molar-refractivity contribution in [1.82, 2.24) is 0 Å². The number of aliphatic carboxylic acids is 1. The second-order valence-electron chi connectivity index (χ2n) is 0.512. The summed E-state index contributed by atoms with van der Waals surface area (Å²) >= 11 is 1.60. The summed E-state index contributed by atoms with van der Waals surface area (Å²) in [6.45, 7) is 0. The molecule has 0 saturated carbocycles. The molecule has 0 aromatic carbocycles. The van der Waals surface area contributed by atoms with E-state index < -0.39 is 5.97 Å². The second kappa shape index (κ2) is 2.97. The molecule has 0 aromatic heterocycles. The van der Waals surface area contributed by atoms with Crippen LogP contribution in [0.2, 0.25) is 2.39 Å². The van der Waals surface area contributed by atoms with E-state index in [0.29, 0.717) is 0 Å². The molecular weight excluding hydrogens is 215 g/mol. The Balaban J connectivity index is 2.85. The van der Waals surface area contributed by atoms with Gasteiger partial charge in [-0.05, 0) is 0 Å². The summed E-state index contributed by atoms with van der Waals surface area (Å²) in [5, 5.41) is 7.72. The second-order valence-corrected chi connectivity index (χ2v) is 1.27. The van der Waals surface area contributed by atoms with Crippen LogP contribution in [0.3, 0.4) is 0 Å².